The number of aromatic nitrogens is 1. The van der Waals surface area contributed by atoms with E-state index in [4.69, 9.17) is 11.6 Å². The largest absolute Gasteiger partial charge is 0.504 e. The number of nitrogens with one attached hydrogen (secondary N) is 2. The monoisotopic (exact) mass is 467 g/mol. The molecule has 0 atom stereocenters. The first-order valence-corrected chi connectivity index (χ1v) is 11.9. The van der Waals surface area contributed by atoms with Gasteiger partial charge in [0.25, 0.3) is 0 Å². The molecule has 0 amide bonds. The Morgan fingerprint density at radius 2 is 1.79 bits per heavy atom. The van der Waals surface area contributed by atoms with E-state index in [1.165, 1.54) is 6.07 Å². The lowest BCUT2D eigenvalue weighted by molar-refractivity contribution is 0.0968. The highest BCUT2D eigenvalue weighted by Crippen LogP contribution is 2.39. The standard InChI is InChI=1S/C26H27ClFN3O2/c1-29-17-5-7-18(8-6-17)31-24-19-10-15(16-11-21(27)26(33)22(28)12-16)4-9-23(19)30-13-20(24)25(32)14-2-3-14/h4,9-14,17-18,29,33H,2-3,5-8H2,1H3,(H,30,31). The van der Waals surface area contributed by atoms with Gasteiger partial charge in [0.15, 0.2) is 17.3 Å². The molecule has 0 spiro atoms. The highest BCUT2D eigenvalue weighted by atomic mass is 35.5. The van der Waals surface area contributed by atoms with Gasteiger partial charge in [-0.2, -0.15) is 0 Å². The minimum Gasteiger partial charge on any atom is -0.504 e. The molecule has 2 aliphatic rings. The van der Waals surface area contributed by atoms with E-state index < -0.39 is 11.6 Å². The van der Waals surface area contributed by atoms with Crippen molar-refractivity contribution in [2.75, 3.05) is 12.4 Å². The Bertz CT molecular complexity index is 1200. The second-order valence-corrected chi connectivity index (χ2v) is 9.59. The number of nitrogens with zero attached hydrogens (tertiary/aromatic N) is 1. The minimum absolute atomic E-state index is 0.0412. The summed E-state index contributed by atoms with van der Waals surface area (Å²) in [4.78, 5) is 17.7. The van der Waals surface area contributed by atoms with Crippen LogP contribution in [-0.2, 0) is 0 Å². The molecule has 0 radical (unpaired) electrons. The van der Waals surface area contributed by atoms with Crippen LogP contribution < -0.4 is 10.6 Å². The third-order valence-electron chi connectivity index (χ3n) is 6.92. The molecule has 1 heterocycles. The van der Waals surface area contributed by atoms with Crippen molar-refractivity contribution < 1.29 is 14.3 Å². The number of phenolic OH excluding ortho intramolecular Hbond substituents is 1. The van der Waals surface area contributed by atoms with Crippen LogP contribution in [0.15, 0.2) is 36.5 Å². The molecule has 172 valence electrons. The van der Waals surface area contributed by atoms with E-state index in [9.17, 15) is 14.3 Å². The van der Waals surface area contributed by atoms with Gasteiger partial charge in [0.05, 0.1) is 21.8 Å². The number of carbonyl (C=O) groups is 1. The molecule has 0 bridgehead atoms. The normalized spacial score (nSPS) is 20.7. The molecule has 33 heavy (non-hydrogen) atoms. The Labute approximate surface area is 197 Å². The van der Waals surface area contributed by atoms with Crippen LogP contribution in [0.5, 0.6) is 5.75 Å². The van der Waals surface area contributed by atoms with Crippen molar-refractivity contribution in [3.63, 3.8) is 0 Å². The smallest absolute Gasteiger partial charge is 0.170 e. The molecule has 5 nitrogen and oxygen atoms in total. The summed E-state index contributed by atoms with van der Waals surface area (Å²) in [5, 5.41) is 17.5. The lowest BCUT2D eigenvalue weighted by Crippen LogP contribution is -2.35. The van der Waals surface area contributed by atoms with Gasteiger partial charge in [-0.3, -0.25) is 9.78 Å². The highest BCUT2D eigenvalue weighted by molar-refractivity contribution is 6.32. The zero-order valence-electron chi connectivity index (χ0n) is 18.5. The van der Waals surface area contributed by atoms with Crippen LogP contribution in [0.3, 0.4) is 0 Å². The zero-order valence-corrected chi connectivity index (χ0v) is 19.3. The number of anilines is 1. The highest BCUT2D eigenvalue weighted by Gasteiger charge is 2.33. The van der Waals surface area contributed by atoms with Crippen molar-refractivity contribution in [1.29, 1.82) is 0 Å². The number of aromatic hydroxyl groups is 1. The van der Waals surface area contributed by atoms with Crippen LogP contribution in [0.2, 0.25) is 5.02 Å². The fourth-order valence-electron chi connectivity index (χ4n) is 4.74. The predicted octanol–water partition coefficient (Wildman–Crippen LogP) is 5.94. The average Bonchev–Trinajstić information content (AvgIpc) is 3.68. The number of benzene rings is 2. The fourth-order valence-corrected chi connectivity index (χ4v) is 4.95. The van der Waals surface area contributed by atoms with Gasteiger partial charge in [-0.05, 0) is 81.0 Å². The number of ketones is 1. The maximum atomic E-state index is 14.1. The van der Waals surface area contributed by atoms with E-state index in [2.05, 4.69) is 15.6 Å². The second kappa shape index (κ2) is 8.92. The summed E-state index contributed by atoms with van der Waals surface area (Å²) in [7, 11) is 2.00. The van der Waals surface area contributed by atoms with Crippen molar-refractivity contribution in [2.45, 2.75) is 50.6 Å². The lowest BCUT2D eigenvalue weighted by Gasteiger charge is -2.30. The maximum Gasteiger partial charge on any atom is 0.170 e. The Balaban J connectivity index is 1.59. The molecule has 0 unspecified atom stereocenters. The van der Waals surface area contributed by atoms with Crippen molar-refractivity contribution >= 4 is 34.0 Å². The van der Waals surface area contributed by atoms with E-state index >= 15 is 0 Å². The van der Waals surface area contributed by atoms with Crippen molar-refractivity contribution in [1.82, 2.24) is 10.3 Å². The van der Waals surface area contributed by atoms with Gasteiger partial charge in [-0.25, -0.2) is 4.39 Å². The summed E-state index contributed by atoms with van der Waals surface area (Å²) in [5.41, 5.74) is 3.51. The number of rotatable bonds is 6. The van der Waals surface area contributed by atoms with Crippen LogP contribution in [0.25, 0.3) is 22.0 Å². The number of Topliss-reactive ketones (excluding diaryl/α,β-unsaturated/α-hetero) is 1. The Morgan fingerprint density at radius 3 is 2.45 bits per heavy atom. The van der Waals surface area contributed by atoms with Gasteiger partial charge >= 0.3 is 0 Å². The summed E-state index contributed by atoms with van der Waals surface area (Å²) in [6.45, 7) is 0. The first-order valence-electron chi connectivity index (χ1n) is 11.5. The number of phenols is 1. The topological polar surface area (TPSA) is 74.2 Å². The molecule has 0 saturated heterocycles. The van der Waals surface area contributed by atoms with Gasteiger partial charge in [0.2, 0.25) is 0 Å². The Kier molecular flexibility index (Phi) is 5.97. The quantitative estimate of drug-likeness (QED) is 0.391. The zero-order chi connectivity index (χ0) is 23.1. The molecule has 2 fully saturated rings. The van der Waals surface area contributed by atoms with E-state index in [1.807, 2.05) is 25.2 Å². The molecule has 3 aromatic rings. The molecule has 2 aromatic carbocycles. The summed E-state index contributed by atoms with van der Waals surface area (Å²) < 4.78 is 14.1. The van der Waals surface area contributed by atoms with Gasteiger partial charge in [0.1, 0.15) is 0 Å². The summed E-state index contributed by atoms with van der Waals surface area (Å²) in [5.74, 6) is -1.11. The summed E-state index contributed by atoms with van der Waals surface area (Å²) >= 11 is 6.02. The molecular weight excluding hydrogens is 441 g/mol. The average molecular weight is 468 g/mol. The summed E-state index contributed by atoms with van der Waals surface area (Å²) in [6, 6.07) is 9.26. The first kappa shape index (κ1) is 22.1. The first-order chi connectivity index (χ1) is 15.9. The van der Waals surface area contributed by atoms with E-state index in [-0.39, 0.29) is 22.8 Å². The van der Waals surface area contributed by atoms with Crippen molar-refractivity contribution in [2.24, 2.45) is 5.92 Å². The molecular formula is C26H27ClFN3O2. The Hall–Kier alpha value is -2.70. The van der Waals surface area contributed by atoms with E-state index in [1.54, 1.807) is 12.3 Å². The molecule has 5 rings (SSSR count). The third kappa shape index (κ3) is 4.42. The fraction of sp³-hybridized carbons (Fsp3) is 0.385. The van der Waals surface area contributed by atoms with E-state index in [0.717, 1.165) is 60.7 Å². The van der Waals surface area contributed by atoms with Crippen LogP contribution in [0.4, 0.5) is 10.1 Å². The molecule has 2 aliphatic carbocycles. The molecule has 2 saturated carbocycles. The molecule has 1 aromatic heterocycles. The van der Waals surface area contributed by atoms with Gasteiger partial charge in [0, 0.05) is 29.6 Å². The number of pyridine rings is 1. The van der Waals surface area contributed by atoms with E-state index in [0.29, 0.717) is 17.2 Å². The summed E-state index contributed by atoms with van der Waals surface area (Å²) in [6.07, 6.45) is 7.75. The SMILES string of the molecule is CNC1CCC(Nc2c(C(=O)C3CC3)cnc3ccc(-c4cc(F)c(O)c(Cl)c4)cc23)CC1. The molecule has 3 N–H and O–H groups in total. The Morgan fingerprint density at radius 1 is 1.06 bits per heavy atom. The molecule has 7 heteroatoms. The van der Waals surface area contributed by atoms with Crippen molar-refractivity contribution in [3.8, 4) is 16.9 Å². The number of fused-ring (bicyclic) bond motifs is 1. The number of hydrogen-bond acceptors (Lipinski definition) is 5. The molecule has 0 aliphatic heterocycles. The van der Waals surface area contributed by atoms with Crippen LogP contribution in [0, 0.1) is 11.7 Å². The van der Waals surface area contributed by atoms with Crippen LogP contribution >= 0.6 is 11.6 Å². The van der Waals surface area contributed by atoms with Crippen LogP contribution in [-0.4, -0.2) is 35.0 Å². The predicted molar refractivity (Wildman–Crippen MR) is 130 cm³/mol. The third-order valence-corrected chi connectivity index (χ3v) is 7.20. The van der Waals surface area contributed by atoms with Gasteiger partial charge in [-0.15, -0.1) is 0 Å². The number of hydrogen-bond donors (Lipinski definition) is 3. The lowest BCUT2D eigenvalue weighted by atomic mass is 9.90. The van der Waals surface area contributed by atoms with Crippen molar-refractivity contribution in [3.05, 3.63) is 52.9 Å². The minimum atomic E-state index is -0.770. The maximum absolute atomic E-state index is 14.1. The van der Waals surface area contributed by atoms with Gasteiger partial charge in [-0.1, -0.05) is 17.7 Å². The number of carbonyl (C=O) groups excluding carboxylic acids is 1. The second-order valence-electron chi connectivity index (χ2n) is 9.19. The number of halogens is 2. The van der Waals surface area contributed by atoms with Gasteiger partial charge < -0.3 is 15.7 Å². The van der Waals surface area contributed by atoms with Crippen LogP contribution in [0.1, 0.15) is 48.9 Å².